The van der Waals surface area contributed by atoms with E-state index in [2.05, 4.69) is 0 Å². The minimum atomic E-state index is -0.984. The van der Waals surface area contributed by atoms with Crippen molar-refractivity contribution >= 4 is 11.9 Å². The lowest BCUT2D eigenvalue weighted by molar-refractivity contribution is -0.137. The zero-order valence-electron chi connectivity index (χ0n) is 8.74. The minimum absolute atomic E-state index is 0.127. The van der Waals surface area contributed by atoms with Crippen LogP contribution in [0.5, 0.6) is 0 Å². The van der Waals surface area contributed by atoms with Crippen LogP contribution in [-0.4, -0.2) is 22.2 Å². The van der Waals surface area contributed by atoms with E-state index in [1.165, 1.54) is 6.08 Å². The first-order chi connectivity index (χ1) is 7.63. The summed E-state index contributed by atoms with van der Waals surface area (Å²) < 4.78 is 0. The van der Waals surface area contributed by atoms with E-state index in [1.807, 2.05) is 0 Å². The van der Waals surface area contributed by atoms with E-state index in [0.29, 0.717) is 6.42 Å². The second kappa shape index (κ2) is 9.45. The van der Waals surface area contributed by atoms with Gasteiger partial charge in [0, 0.05) is 12.5 Å². The van der Waals surface area contributed by atoms with Gasteiger partial charge < -0.3 is 10.2 Å². The number of carboxylic acids is 2. The molecule has 0 saturated heterocycles. The highest BCUT2D eigenvalue weighted by Crippen LogP contribution is 1.91. The van der Waals surface area contributed by atoms with E-state index in [0.717, 1.165) is 6.08 Å². The van der Waals surface area contributed by atoms with Crippen LogP contribution in [0, 0.1) is 0 Å². The third-order valence-corrected chi connectivity index (χ3v) is 1.46. The van der Waals surface area contributed by atoms with Crippen molar-refractivity contribution in [3.63, 3.8) is 0 Å². The smallest absolute Gasteiger partial charge is 0.328 e. The van der Waals surface area contributed by atoms with Crippen LogP contribution in [0.2, 0.25) is 0 Å². The second-order valence-corrected chi connectivity index (χ2v) is 2.83. The van der Waals surface area contributed by atoms with E-state index < -0.39 is 11.9 Å². The summed E-state index contributed by atoms with van der Waals surface area (Å²) in [5.41, 5.74) is 0. The summed E-state index contributed by atoms with van der Waals surface area (Å²) in [4.78, 5) is 20.2. The Hall–Kier alpha value is -2.10. The number of hydrogen-bond acceptors (Lipinski definition) is 2. The lowest BCUT2D eigenvalue weighted by Gasteiger charge is -1.84. The van der Waals surface area contributed by atoms with Crippen LogP contribution in [-0.2, 0) is 9.59 Å². The number of hydrogen-bond donors (Lipinski definition) is 2. The molecule has 0 fully saturated rings. The molecule has 0 radical (unpaired) electrons. The van der Waals surface area contributed by atoms with Crippen molar-refractivity contribution in [2.24, 2.45) is 0 Å². The molecule has 0 spiro atoms. The normalized spacial score (nSPS) is 12.2. The molecule has 86 valence electrons. The summed E-state index contributed by atoms with van der Waals surface area (Å²) in [6.07, 6.45) is 13.3. The molecular formula is C12H14O4. The topological polar surface area (TPSA) is 74.6 Å². The van der Waals surface area contributed by atoms with Gasteiger partial charge in [-0.05, 0) is 6.42 Å². The SMILES string of the molecule is O=C(O)/C=C/C=C/C=C/C=C/CCC(=O)O. The Kier molecular flexibility index (Phi) is 8.21. The lowest BCUT2D eigenvalue weighted by atomic mass is 10.3. The van der Waals surface area contributed by atoms with Crippen molar-refractivity contribution in [2.45, 2.75) is 12.8 Å². The Morgan fingerprint density at radius 2 is 1.44 bits per heavy atom. The van der Waals surface area contributed by atoms with E-state index in [1.54, 1.807) is 36.5 Å². The van der Waals surface area contributed by atoms with Gasteiger partial charge >= 0.3 is 11.9 Å². The molecule has 0 unspecified atom stereocenters. The molecule has 16 heavy (non-hydrogen) atoms. The van der Waals surface area contributed by atoms with Gasteiger partial charge in [-0.25, -0.2) is 4.79 Å². The molecule has 0 heterocycles. The molecule has 4 heteroatoms. The molecule has 0 saturated carbocycles. The van der Waals surface area contributed by atoms with Crippen LogP contribution in [0.25, 0.3) is 0 Å². The molecule has 0 amide bonds. The molecule has 2 N–H and O–H groups in total. The molecule has 0 aromatic carbocycles. The quantitative estimate of drug-likeness (QED) is 0.511. The highest BCUT2D eigenvalue weighted by molar-refractivity contribution is 5.80. The van der Waals surface area contributed by atoms with Crippen LogP contribution < -0.4 is 0 Å². The average Bonchev–Trinajstić information content (AvgIpc) is 2.20. The van der Waals surface area contributed by atoms with E-state index in [4.69, 9.17) is 10.2 Å². The zero-order chi connectivity index (χ0) is 12.2. The molecule has 4 nitrogen and oxygen atoms in total. The van der Waals surface area contributed by atoms with Gasteiger partial charge in [-0.3, -0.25) is 4.79 Å². The van der Waals surface area contributed by atoms with Gasteiger partial charge in [-0.15, -0.1) is 0 Å². The standard InChI is InChI=1S/C12H14O4/c13-11(14)9-7-5-3-1-2-4-6-8-10-12(15)16/h1-7,9H,8,10H2,(H,13,14)(H,15,16)/b2-1+,5-3+,6-4+,9-7+. The Balaban J connectivity index is 3.68. The molecule has 0 aliphatic rings. The van der Waals surface area contributed by atoms with Gasteiger partial charge in [-0.1, -0.05) is 42.5 Å². The molecule has 0 rings (SSSR count). The van der Waals surface area contributed by atoms with Crippen molar-refractivity contribution in [2.75, 3.05) is 0 Å². The summed E-state index contributed by atoms with van der Waals surface area (Å²) in [6, 6.07) is 0. The lowest BCUT2D eigenvalue weighted by Crippen LogP contribution is -1.91. The molecule has 0 aromatic rings. The number of rotatable bonds is 7. The number of carboxylic acid groups (broad SMARTS) is 2. The van der Waals surface area contributed by atoms with E-state index in [9.17, 15) is 9.59 Å². The Morgan fingerprint density at radius 1 is 0.875 bits per heavy atom. The molecular weight excluding hydrogens is 208 g/mol. The maximum Gasteiger partial charge on any atom is 0.328 e. The number of carbonyl (C=O) groups is 2. The Bertz CT molecular complexity index is 335. The zero-order valence-corrected chi connectivity index (χ0v) is 8.74. The third-order valence-electron chi connectivity index (χ3n) is 1.46. The highest BCUT2D eigenvalue weighted by Gasteiger charge is 1.90. The van der Waals surface area contributed by atoms with E-state index in [-0.39, 0.29) is 6.42 Å². The van der Waals surface area contributed by atoms with Gasteiger partial charge in [0.25, 0.3) is 0 Å². The second-order valence-electron chi connectivity index (χ2n) is 2.83. The number of allylic oxidation sites excluding steroid dienone is 7. The first kappa shape index (κ1) is 13.9. The molecule has 0 atom stereocenters. The maximum atomic E-state index is 10.1. The number of aliphatic carboxylic acids is 2. The van der Waals surface area contributed by atoms with Gasteiger partial charge in [-0.2, -0.15) is 0 Å². The monoisotopic (exact) mass is 222 g/mol. The molecule has 0 aliphatic heterocycles. The molecule has 0 bridgehead atoms. The van der Waals surface area contributed by atoms with Crippen molar-refractivity contribution in [3.8, 4) is 0 Å². The first-order valence-corrected chi connectivity index (χ1v) is 4.74. The fraction of sp³-hybridized carbons (Fsp3) is 0.167. The predicted octanol–water partition coefficient (Wildman–Crippen LogP) is 2.16. The van der Waals surface area contributed by atoms with Crippen LogP contribution in [0.4, 0.5) is 0 Å². The molecule has 0 aliphatic carbocycles. The minimum Gasteiger partial charge on any atom is -0.481 e. The Labute approximate surface area is 93.9 Å². The fourth-order valence-corrected chi connectivity index (χ4v) is 0.776. The molecule has 0 aromatic heterocycles. The summed E-state index contributed by atoms with van der Waals surface area (Å²) in [7, 11) is 0. The summed E-state index contributed by atoms with van der Waals surface area (Å²) in [6.45, 7) is 0. The van der Waals surface area contributed by atoms with Crippen molar-refractivity contribution in [1.82, 2.24) is 0 Å². The largest absolute Gasteiger partial charge is 0.481 e. The van der Waals surface area contributed by atoms with Crippen LogP contribution in [0.1, 0.15) is 12.8 Å². The maximum absolute atomic E-state index is 10.1. The average molecular weight is 222 g/mol. The van der Waals surface area contributed by atoms with Crippen LogP contribution in [0.15, 0.2) is 48.6 Å². The highest BCUT2D eigenvalue weighted by atomic mass is 16.4. The van der Waals surface area contributed by atoms with Gasteiger partial charge in [0.05, 0.1) is 0 Å². The third kappa shape index (κ3) is 11.9. The fourth-order valence-electron chi connectivity index (χ4n) is 0.776. The first-order valence-electron chi connectivity index (χ1n) is 4.74. The summed E-state index contributed by atoms with van der Waals surface area (Å²) in [5.74, 6) is -1.80. The van der Waals surface area contributed by atoms with Crippen molar-refractivity contribution in [3.05, 3.63) is 48.6 Å². The van der Waals surface area contributed by atoms with Crippen molar-refractivity contribution in [1.29, 1.82) is 0 Å². The van der Waals surface area contributed by atoms with E-state index >= 15 is 0 Å². The van der Waals surface area contributed by atoms with Gasteiger partial charge in [0.1, 0.15) is 0 Å². The summed E-state index contributed by atoms with van der Waals surface area (Å²) in [5, 5.41) is 16.6. The van der Waals surface area contributed by atoms with Crippen LogP contribution in [0.3, 0.4) is 0 Å². The van der Waals surface area contributed by atoms with Gasteiger partial charge in [0.2, 0.25) is 0 Å². The van der Waals surface area contributed by atoms with Crippen molar-refractivity contribution < 1.29 is 19.8 Å². The van der Waals surface area contributed by atoms with Crippen LogP contribution >= 0.6 is 0 Å². The van der Waals surface area contributed by atoms with Gasteiger partial charge in [0.15, 0.2) is 0 Å². The predicted molar refractivity (Wildman–Crippen MR) is 61.1 cm³/mol. The summed E-state index contributed by atoms with van der Waals surface area (Å²) >= 11 is 0. The Morgan fingerprint density at radius 3 is 2.00 bits per heavy atom.